The lowest BCUT2D eigenvalue weighted by Crippen LogP contribution is -2.29. The Morgan fingerprint density at radius 3 is 1.89 bits per heavy atom. The van der Waals surface area contributed by atoms with Gasteiger partial charge in [0.2, 0.25) is 0 Å². The number of rotatable bonds is 37. The molecule has 0 aromatic carbocycles. The summed E-state index contributed by atoms with van der Waals surface area (Å²) in [4.78, 5) is 34.8. The lowest BCUT2D eigenvalue weighted by Gasteiger charge is -2.19. The zero-order chi connectivity index (χ0) is 39.4. The van der Waals surface area contributed by atoms with Crippen LogP contribution in [0.15, 0.2) is 60.8 Å². The van der Waals surface area contributed by atoms with E-state index in [1.807, 2.05) is 0 Å². The van der Waals surface area contributed by atoms with Crippen LogP contribution in [0, 0.1) is 0 Å². The van der Waals surface area contributed by atoms with Crippen molar-refractivity contribution in [2.24, 2.45) is 5.73 Å². The summed E-state index contributed by atoms with van der Waals surface area (Å²) in [6.45, 7) is 3.52. The summed E-state index contributed by atoms with van der Waals surface area (Å²) < 4.78 is 38.5. The van der Waals surface area contributed by atoms with Gasteiger partial charge in [-0.25, -0.2) is 4.57 Å². The van der Waals surface area contributed by atoms with Crippen LogP contribution in [0.2, 0.25) is 0 Å². The molecule has 310 valence electrons. The molecule has 0 bridgehead atoms. The third-order valence-electron chi connectivity index (χ3n) is 8.81. The molecule has 1 saturated heterocycles. The smallest absolute Gasteiger partial charge is 0.462 e. The minimum atomic E-state index is -4.39. The van der Waals surface area contributed by atoms with Crippen LogP contribution in [0.1, 0.15) is 155 Å². The lowest BCUT2D eigenvalue weighted by atomic mass is 10.1. The van der Waals surface area contributed by atoms with Crippen molar-refractivity contribution in [3.8, 4) is 0 Å². The van der Waals surface area contributed by atoms with Crippen molar-refractivity contribution in [1.82, 2.24) is 0 Å². The van der Waals surface area contributed by atoms with Gasteiger partial charge in [0.25, 0.3) is 0 Å². The Morgan fingerprint density at radius 1 is 0.685 bits per heavy atom. The number of carbonyl (C=O) groups excluding carboxylic acids is 2. The molecule has 1 heterocycles. The molecule has 4 atom stereocenters. The van der Waals surface area contributed by atoms with Crippen LogP contribution in [0.4, 0.5) is 0 Å². The van der Waals surface area contributed by atoms with Crippen molar-refractivity contribution in [2.75, 3.05) is 26.4 Å². The summed E-state index contributed by atoms with van der Waals surface area (Å²) in [7, 11) is -4.39. The summed E-state index contributed by atoms with van der Waals surface area (Å²) in [5.41, 5.74) is 5.34. The van der Waals surface area contributed by atoms with Crippen LogP contribution < -0.4 is 5.73 Å². The fourth-order valence-electron chi connectivity index (χ4n) is 5.63. The zero-order valence-corrected chi connectivity index (χ0v) is 34.5. The fraction of sp³-hybridized carbons (Fsp3) is 0.721. The van der Waals surface area contributed by atoms with Gasteiger partial charge in [0.05, 0.1) is 25.4 Å². The van der Waals surface area contributed by atoms with Crippen LogP contribution >= 0.6 is 7.82 Å². The van der Waals surface area contributed by atoms with Crippen molar-refractivity contribution < 1.29 is 42.3 Å². The van der Waals surface area contributed by atoms with Crippen molar-refractivity contribution in [3.63, 3.8) is 0 Å². The van der Waals surface area contributed by atoms with Gasteiger partial charge in [0, 0.05) is 19.4 Å². The second-order valence-electron chi connectivity index (χ2n) is 13.9. The molecule has 0 aromatic heterocycles. The lowest BCUT2D eigenvalue weighted by molar-refractivity contribution is -0.161. The number of carbonyl (C=O) groups is 2. The molecule has 0 aliphatic carbocycles. The largest absolute Gasteiger partial charge is 0.472 e. The highest BCUT2D eigenvalue weighted by atomic mass is 31.2. The highest BCUT2D eigenvalue weighted by molar-refractivity contribution is 7.47. The standard InChI is InChI=1S/C43H74NO9P/c1-3-5-7-8-9-10-11-12-13-14-15-16-17-18-23-26-30-34-43(46)52-39(38-51-54(47,48)50-36-35-44)37-49-42(45)33-29-25-22-20-19-21-24-28-32-41-40(53-41)31-27-6-4-2/h5,7,9-10,12-13,15-16,24,28,39-41H,3-4,6,8,11,14,17-23,25-27,29-38,44H2,1-2H3,(H,47,48)/b7-5-,10-9-,13-12-,16-15-,28-24-/t39-,40?,41?/m1/s1. The monoisotopic (exact) mass is 780 g/mol. The van der Waals surface area contributed by atoms with Gasteiger partial charge in [0.1, 0.15) is 6.61 Å². The topological polar surface area (TPSA) is 147 Å². The van der Waals surface area contributed by atoms with Crippen molar-refractivity contribution in [3.05, 3.63) is 60.8 Å². The van der Waals surface area contributed by atoms with Crippen molar-refractivity contribution >= 4 is 19.8 Å². The molecule has 1 fully saturated rings. The third kappa shape index (κ3) is 32.0. The number of esters is 2. The van der Waals surface area contributed by atoms with E-state index in [2.05, 4.69) is 74.6 Å². The van der Waals surface area contributed by atoms with E-state index in [1.165, 1.54) is 25.7 Å². The Balaban J connectivity index is 2.22. The summed E-state index contributed by atoms with van der Waals surface area (Å²) >= 11 is 0. The quantitative estimate of drug-likeness (QED) is 0.0205. The molecule has 11 heteroatoms. The maximum atomic E-state index is 12.6. The first-order valence-corrected chi connectivity index (χ1v) is 22.4. The number of nitrogens with two attached hydrogens (primary N) is 1. The number of unbranched alkanes of at least 4 members (excludes halogenated alkanes) is 11. The van der Waals surface area contributed by atoms with Crippen LogP contribution in [-0.2, 0) is 37.4 Å². The van der Waals surface area contributed by atoms with Gasteiger partial charge >= 0.3 is 19.8 Å². The van der Waals surface area contributed by atoms with Crippen molar-refractivity contribution in [1.29, 1.82) is 0 Å². The van der Waals surface area contributed by atoms with Gasteiger partial charge in [-0.05, 0) is 77.0 Å². The predicted molar refractivity (Wildman–Crippen MR) is 219 cm³/mol. The molecule has 1 rings (SSSR count). The van der Waals surface area contributed by atoms with Crippen molar-refractivity contribution in [2.45, 2.75) is 173 Å². The zero-order valence-electron chi connectivity index (χ0n) is 33.6. The van der Waals surface area contributed by atoms with E-state index in [1.54, 1.807) is 0 Å². The second-order valence-corrected chi connectivity index (χ2v) is 15.3. The van der Waals surface area contributed by atoms with Gasteiger partial charge in [0.15, 0.2) is 6.10 Å². The minimum absolute atomic E-state index is 0.0420. The van der Waals surface area contributed by atoms with Gasteiger partial charge in [-0.1, -0.05) is 126 Å². The van der Waals surface area contributed by atoms with Crippen LogP contribution in [0.5, 0.6) is 0 Å². The van der Waals surface area contributed by atoms with E-state index in [0.717, 1.165) is 89.9 Å². The number of hydrogen-bond acceptors (Lipinski definition) is 9. The van der Waals surface area contributed by atoms with Crippen LogP contribution in [0.3, 0.4) is 0 Å². The molecule has 0 spiro atoms. The Bertz CT molecular complexity index is 1140. The highest BCUT2D eigenvalue weighted by Gasteiger charge is 2.36. The van der Waals surface area contributed by atoms with E-state index in [-0.39, 0.29) is 32.6 Å². The average molecular weight is 780 g/mol. The number of epoxide rings is 1. The Morgan fingerprint density at radius 2 is 1.26 bits per heavy atom. The Kier molecular flexibility index (Phi) is 32.3. The highest BCUT2D eigenvalue weighted by Crippen LogP contribution is 2.43. The van der Waals surface area contributed by atoms with Gasteiger partial charge < -0.3 is 24.8 Å². The molecule has 1 aliphatic heterocycles. The molecule has 1 aliphatic rings. The third-order valence-corrected chi connectivity index (χ3v) is 9.80. The molecule has 0 amide bonds. The molecular formula is C43H74NO9P. The number of ether oxygens (including phenoxy) is 3. The predicted octanol–water partition coefficient (Wildman–Crippen LogP) is 10.7. The summed E-state index contributed by atoms with van der Waals surface area (Å²) in [6, 6.07) is 0. The Labute approximate surface area is 327 Å². The van der Waals surface area contributed by atoms with E-state index in [9.17, 15) is 19.0 Å². The summed E-state index contributed by atoms with van der Waals surface area (Å²) in [6.07, 6.45) is 42.8. The van der Waals surface area contributed by atoms with E-state index >= 15 is 0 Å². The molecule has 0 radical (unpaired) electrons. The van der Waals surface area contributed by atoms with Crippen LogP contribution in [-0.4, -0.2) is 61.5 Å². The first-order valence-electron chi connectivity index (χ1n) is 20.9. The van der Waals surface area contributed by atoms with E-state index in [4.69, 9.17) is 29.0 Å². The molecule has 0 aromatic rings. The average Bonchev–Trinajstić information content (AvgIpc) is 3.91. The summed E-state index contributed by atoms with van der Waals surface area (Å²) in [5, 5.41) is 0. The maximum absolute atomic E-state index is 12.6. The second kappa shape index (κ2) is 35.1. The first-order chi connectivity index (χ1) is 26.3. The molecule has 3 N–H and O–H groups in total. The Hall–Kier alpha value is -2.33. The normalized spacial score (nSPS) is 17.7. The van der Waals surface area contributed by atoms with E-state index < -0.39 is 32.5 Å². The molecule has 54 heavy (non-hydrogen) atoms. The maximum Gasteiger partial charge on any atom is 0.472 e. The molecule has 3 unspecified atom stereocenters. The number of phosphoric ester groups is 1. The molecule has 10 nitrogen and oxygen atoms in total. The first kappa shape index (κ1) is 49.7. The fourth-order valence-corrected chi connectivity index (χ4v) is 6.40. The summed E-state index contributed by atoms with van der Waals surface area (Å²) in [5.74, 6) is -0.884. The SMILES string of the molecule is CC/C=C\C/C=C\C/C=C\C/C=C\CCCCCCC(=O)O[C@H](COC(=O)CCCCCCC/C=C\CC1OC1CCCCC)COP(=O)(O)OCCN. The minimum Gasteiger partial charge on any atom is -0.462 e. The number of hydrogen-bond donors (Lipinski definition) is 2. The van der Waals surface area contributed by atoms with Gasteiger partial charge in [-0.3, -0.25) is 18.6 Å². The van der Waals surface area contributed by atoms with E-state index in [0.29, 0.717) is 25.0 Å². The van der Waals surface area contributed by atoms with Gasteiger partial charge in [-0.15, -0.1) is 0 Å². The van der Waals surface area contributed by atoms with Gasteiger partial charge in [-0.2, -0.15) is 0 Å². The molecule has 0 saturated carbocycles. The number of allylic oxidation sites excluding steroid dienone is 9. The van der Waals surface area contributed by atoms with Crippen LogP contribution in [0.25, 0.3) is 0 Å². The number of phosphoric acid groups is 1. The molecular weight excluding hydrogens is 705 g/mol.